The Balaban J connectivity index is 1.54. The largest absolute Gasteiger partial charge is 0.360 e. The van der Waals surface area contributed by atoms with Crippen LogP contribution in [0.3, 0.4) is 0 Å². The number of thiophene rings is 2. The van der Waals surface area contributed by atoms with Gasteiger partial charge in [0.1, 0.15) is 15.8 Å². The van der Waals surface area contributed by atoms with Gasteiger partial charge in [0.15, 0.2) is 11.0 Å². The number of carbonyl (C=O) groups excluding carboxylic acids is 1. The second kappa shape index (κ2) is 8.97. The van der Waals surface area contributed by atoms with E-state index in [4.69, 9.17) is 9.51 Å². The van der Waals surface area contributed by atoms with E-state index in [1.54, 1.807) is 31.4 Å². The molecule has 7 nitrogen and oxygen atoms in total. The number of aromatic nitrogens is 3. The van der Waals surface area contributed by atoms with Gasteiger partial charge in [-0.3, -0.25) is 14.2 Å². The fourth-order valence-corrected chi connectivity index (χ4v) is 6.26. The van der Waals surface area contributed by atoms with E-state index in [9.17, 15) is 9.59 Å². The van der Waals surface area contributed by atoms with Gasteiger partial charge in [0.05, 0.1) is 5.39 Å². The van der Waals surface area contributed by atoms with Crippen molar-refractivity contribution in [2.24, 2.45) is 7.05 Å². The lowest BCUT2D eigenvalue weighted by Crippen LogP contribution is -2.23. The molecule has 5 aromatic rings. The molecule has 0 aliphatic rings. The number of hydrogen-bond donors (Lipinski definition) is 1. The van der Waals surface area contributed by atoms with Gasteiger partial charge in [0.2, 0.25) is 5.91 Å². The monoisotopic (exact) mass is 494 g/mol. The number of nitrogens with zero attached hydrogens (tertiary/aromatic N) is 3. The number of carbonyl (C=O) groups is 1. The SMILES string of the molecule is Cc1cc(NC(=O)C(Sc2nc3scc(-c4cccs4)c3c(=O)n2C)c2ccccc2)no1. The molecule has 0 saturated carbocycles. The van der Waals surface area contributed by atoms with Crippen molar-refractivity contribution in [2.45, 2.75) is 17.3 Å². The lowest BCUT2D eigenvalue weighted by molar-refractivity contribution is -0.115. The molecule has 0 radical (unpaired) electrons. The van der Waals surface area contributed by atoms with Crippen molar-refractivity contribution in [3.05, 3.63) is 81.0 Å². The quantitative estimate of drug-likeness (QED) is 0.248. The van der Waals surface area contributed by atoms with E-state index in [1.165, 1.54) is 27.7 Å². The number of anilines is 1. The molecular weight excluding hydrogens is 476 g/mol. The van der Waals surface area contributed by atoms with Gasteiger partial charge in [-0.15, -0.1) is 22.7 Å². The van der Waals surface area contributed by atoms with Crippen molar-refractivity contribution in [2.75, 3.05) is 5.32 Å². The van der Waals surface area contributed by atoms with E-state index in [-0.39, 0.29) is 11.5 Å². The lowest BCUT2D eigenvalue weighted by Gasteiger charge is -2.17. The lowest BCUT2D eigenvalue weighted by atomic mass is 10.1. The summed E-state index contributed by atoms with van der Waals surface area (Å²) in [5.41, 5.74) is 1.56. The highest BCUT2D eigenvalue weighted by Gasteiger charge is 2.26. The van der Waals surface area contributed by atoms with Crippen molar-refractivity contribution in [3.63, 3.8) is 0 Å². The molecule has 0 bridgehead atoms. The minimum absolute atomic E-state index is 0.133. The highest BCUT2D eigenvalue weighted by molar-refractivity contribution is 8.00. The molecule has 33 heavy (non-hydrogen) atoms. The first-order chi connectivity index (χ1) is 16.0. The van der Waals surface area contributed by atoms with Crippen molar-refractivity contribution in [3.8, 4) is 10.4 Å². The molecule has 0 spiro atoms. The smallest absolute Gasteiger partial charge is 0.263 e. The fraction of sp³-hybridized carbons (Fsp3) is 0.130. The predicted octanol–water partition coefficient (Wildman–Crippen LogP) is 5.49. The molecule has 0 aliphatic heterocycles. The highest BCUT2D eigenvalue weighted by Crippen LogP contribution is 2.38. The molecule has 0 fully saturated rings. The van der Waals surface area contributed by atoms with Crippen LogP contribution in [0.2, 0.25) is 0 Å². The van der Waals surface area contributed by atoms with E-state index >= 15 is 0 Å². The normalized spacial score (nSPS) is 12.2. The highest BCUT2D eigenvalue weighted by atomic mass is 32.2. The Morgan fingerprint density at radius 1 is 1.18 bits per heavy atom. The zero-order chi connectivity index (χ0) is 22.9. The van der Waals surface area contributed by atoms with E-state index in [1.807, 2.05) is 53.2 Å². The van der Waals surface area contributed by atoms with E-state index in [0.29, 0.717) is 27.0 Å². The number of benzene rings is 1. The van der Waals surface area contributed by atoms with Crippen molar-refractivity contribution in [1.82, 2.24) is 14.7 Å². The maximum absolute atomic E-state index is 13.3. The van der Waals surface area contributed by atoms with Crippen LogP contribution < -0.4 is 10.9 Å². The van der Waals surface area contributed by atoms with Crippen molar-refractivity contribution < 1.29 is 9.32 Å². The molecular formula is C23H18N4O3S3. The molecule has 1 N–H and O–H groups in total. The summed E-state index contributed by atoms with van der Waals surface area (Å²) in [7, 11) is 1.69. The Kier molecular flexibility index (Phi) is 5.88. The predicted molar refractivity (Wildman–Crippen MR) is 133 cm³/mol. The van der Waals surface area contributed by atoms with E-state index in [0.717, 1.165) is 16.0 Å². The first kappa shape index (κ1) is 21.6. The molecule has 4 heterocycles. The fourth-order valence-electron chi connectivity index (χ4n) is 3.39. The van der Waals surface area contributed by atoms with Crippen molar-refractivity contribution >= 4 is 56.4 Å². The Morgan fingerprint density at radius 2 is 2.00 bits per heavy atom. The minimum atomic E-state index is -0.643. The molecule has 10 heteroatoms. The third-order valence-electron chi connectivity index (χ3n) is 5.00. The molecule has 1 unspecified atom stereocenters. The van der Waals surface area contributed by atoms with Crippen LogP contribution in [0.15, 0.2) is 73.8 Å². The third kappa shape index (κ3) is 4.24. The maximum atomic E-state index is 13.3. The number of fused-ring (bicyclic) bond motifs is 1. The second-order valence-corrected chi connectivity index (χ2v) is 10.2. The number of amides is 1. The molecule has 1 aromatic carbocycles. The molecule has 1 atom stereocenters. The van der Waals surface area contributed by atoms with Crippen LogP contribution in [-0.4, -0.2) is 20.6 Å². The standard InChI is InChI=1S/C23H18N4O3S3/c1-13-11-17(26-30-13)24-20(28)19(14-7-4-3-5-8-14)33-23-25-21-18(22(29)27(23)2)15(12-32-21)16-9-6-10-31-16/h3-12,19H,1-2H3,(H,24,26,28). The van der Waals surface area contributed by atoms with Gasteiger partial charge in [0, 0.05) is 28.9 Å². The van der Waals surface area contributed by atoms with Gasteiger partial charge in [-0.05, 0) is 23.9 Å². The van der Waals surface area contributed by atoms with Crippen LogP contribution in [0.4, 0.5) is 5.82 Å². The summed E-state index contributed by atoms with van der Waals surface area (Å²) in [6.45, 7) is 1.76. The topological polar surface area (TPSA) is 90.0 Å². The summed E-state index contributed by atoms with van der Waals surface area (Å²) in [5.74, 6) is 0.664. The van der Waals surface area contributed by atoms with Gasteiger partial charge in [-0.25, -0.2) is 4.98 Å². The summed E-state index contributed by atoms with van der Waals surface area (Å²) in [6, 6.07) is 15.0. The first-order valence-electron chi connectivity index (χ1n) is 9.99. The average Bonchev–Trinajstić information content (AvgIpc) is 3.57. The molecule has 5 rings (SSSR count). The molecule has 4 aromatic heterocycles. The van der Waals surface area contributed by atoms with Crippen molar-refractivity contribution in [1.29, 1.82) is 0 Å². The number of rotatable bonds is 6. The van der Waals surface area contributed by atoms with Gasteiger partial charge >= 0.3 is 0 Å². The zero-order valence-corrected chi connectivity index (χ0v) is 20.1. The summed E-state index contributed by atoms with van der Waals surface area (Å²) >= 11 is 4.25. The summed E-state index contributed by atoms with van der Waals surface area (Å²) in [5, 5.41) is 11.0. The summed E-state index contributed by atoms with van der Waals surface area (Å²) in [4.78, 5) is 33.0. The number of nitrogens with one attached hydrogen (secondary N) is 1. The van der Waals surface area contributed by atoms with Gasteiger partial charge in [0.25, 0.3) is 5.56 Å². The van der Waals surface area contributed by atoms with Crippen LogP contribution in [0.5, 0.6) is 0 Å². The van der Waals surface area contributed by atoms with Crippen LogP contribution in [0.1, 0.15) is 16.6 Å². The maximum Gasteiger partial charge on any atom is 0.263 e. The van der Waals surface area contributed by atoms with Crippen LogP contribution in [-0.2, 0) is 11.8 Å². The molecule has 0 saturated heterocycles. The minimum Gasteiger partial charge on any atom is -0.360 e. The van der Waals surface area contributed by atoms with Gasteiger partial charge in [-0.1, -0.05) is 53.3 Å². The third-order valence-corrected chi connectivity index (χ3v) is 8.08. The Labute approximate surface area is 201 Å². The average molecular weight is 495 g/mol. The van der Waals surface area contributed by atoms with Crippen LogP contribution in [0.25, 0.3) is 20.7 Å². The summed E-state index contributed by atoms with van der Waals surface area (Å²) in [6.07, 6.45) is 0. The van der Waals surface area contributed by atoms with Crippen LogP contribution >= 0.6 is 34.4 Å². The van der Waals surface area contributed by atoms with Crippen LogP contribution in [0, 0.1) is 6.92 Å². The Bertz CT molecular complexity index is 1490. The number of aryl methyl sites for hydroxylation is 1. The first-order valence-corrected chi connectivity index (χ1v) is 12.6. The van der Waals surface area contributed by atoms with Gasteiger partial charge in [-0.2, -0.15) is 0 Å². The van der Waals surface area contributed by atoms with Gasteiger partial charge < -0.3 is 9.84 Å². The Morgan fingerprint density at radius 3 is 2.70 bits per heavy atom. The second-order valence-electron chi connectivity index (χ2n) is 7.29. The number of hydrogen-bond acceptors (Lipinski definition) is 8. The molecule has 0 aliphatic carbocycles. The zero-order valence-electron chi connectivity index (χ0n) is 17.6. The molecule has 1 amide bonds. The summed E-state index contributed by atoms with van der Waals surface area (Å²) < 4.78 is 6.57. The number of thioether (sulfide) groups is 1. The van der Waals surface area contributed by atoms with E-state index < -0.39 is 5.25 Å². The Hall–Kier alpha value is -3.21. The molecule has 166 valence electrons. The van der Waals surface area contributed by atoms with E-state index in [2.05, 4.69) is 10.5 Å².